The summed E-state index contributed by atoms with van der Waals surface area (Å²) in [6, 6.07) is 11.6. The van der Waals surface area contributed by atoms with Gasteiger partial charge >= 0.3 is 0 Å². The molecule has 2 aromatic rings. The van der Waals surface area contributed by atoms with Gasteiger partial charge in [0.2, 0.25) is 0 Å². The van der Waals surface area contributed by atoms with Gasteiger partial charge in [0, 0.05) is 0 Å². The van der Waals surface area contributed by atoms with Crippen molar-refractivity contribution in [2.45, 2.75) is 12.8 Å². The Hall–Kier alpha value is -2.36. The number of rotatable bonds is 5. The highest BCUT2D eigenvalue weighted by Gasteiger charge is 2.02. The second-order valence-corrected chi connectivity index (χ2v) is 4.24. The first-order valence-corrected chi connectivity index (χ1v) is 6.08. The second-order valence-electron chi connectivity index (χ2n) is 4.24. The van der Waals surface area contributed by atoms with Gasteiger partial charge in [-0.25, -0.2) is 0 Å². The largest absolute Gasteiger partial charge is 0.504 e. The first kappa shape index (κ1) is 13.1. The maximum absolute atomic E-state index is 9.51. The lowest BCUT2D eigenvalue weighted by Crippen LogP contribution is -1.99. The van der Waals surface area contributed by atoms with E-state index in [0.717, 1.165) is 18.4 Å². The lowest BCUT2D eigenvalue weighted by molar-refractivity contribution is 0.294. The van der Waals surface area contributed by atoms with E-state index in [1.807, 2.05) is 0 Å². The van der Waals surface area contributed by atoms with Crippen LogP contribution in [-0.2, 0) is 6.42 Å². The molecule has 100 valence electrons. The smallest absolute Gasteiger partial charge is 0.160 e. The van der Waals surface area contributed by atoms with Crippen molar-refractivity contribution in [3.8, 4) is 23.0 Å². The maximum atomic E-state index is 9.51. The Balaban J connectivity index is 1.81. The lowest BCUT2D eigenvalue weighted by Gasteiger charge is -2.08. The first-order valence-electron chi connectivity index (χ1n) is 6.08. The minimum Gasteiger partial charge on any atom is -0.504 e. The quantitative estimate of drug-likeness (QED) is 0.571. The zero-order valence-corrected chi connectivity index (χ0v) is 10.4. The lowest BCUT2D eigenvalue weighted by atomic mass is 10.1. The molecule has 2 rings (SSSR count). The van der Waals surface area contributed by atoms with Crippen LogP contribution in [0.2, 0.25) is 0 Å². The molecule has 0 aliphatic rings. The molecule has 2 aromatic carbocycles. The summed E-state index contributed by atoms with van der Waals surface area (Å²) in [5.41, 5.74) is 0.927. The van der Waals surface area contributed by atoms with Crippen molar-refractivity contribution in [2.75, 3.05) is 6.61 Å². The number of hydrogen-bond donors (Lipinski definition) is 3. The number of benzene rings is 2. The van der Waals surface area contributed by atoms with Gasteiger partial charge in [0.1, 0.15) is 0 Å². The molecule has 0 saturated carbocycles. The highest BCUT2D eigenvalue weighted by molar-refractivity contribution is 5.40. The number of para-hydroxylation sites is 2. The molecule has 4 heteroatoms. The van der Waals surface area contributed by atoms with Gasteiger partial charge in [-0.3, -0.25) is 0 Å². The van der Waals surface area contributed by atoms with E-state index in [0.29, 0.717) is 12.4 Å². The van der Waals surface area contributed by atoms with Crippen molar-refractivity contribution < 1.29 is 20.1 Å². The van der Waals surface area contributed by atoms with Crippen LogP contribution in [0.15, 0.2) is 42.5 Å². The fourth-order valence-electron chi connectivity index (χ4n) is 1.76. The predicted molar refractivity (Wildman–Crippen MR) is 71.7 cm³/mol. The summed E-state index contributed by atoms with van der Waals surface area (Å²) >= 11 is 0. The normalized spacial score (nSPS) is 10.3. The minimum atomic E-state index is -0.116. The SMILES string of the molecule is Oc1ccc(CCCOc2ccccc2O)cc1O. The van der Waals surface area contributed by atoms with Crippen molar-refractivity contribution in [1.82, 2.24) is 0 Å². The molecule has 0 atom stereocenters. The van der Waals surface area contributed by atoms with Crippen LogP contribution >= 0.6 is 0 Å². The zero-order valence-electron chi connectivity index (χ0n) is 10.4. The molecule has 0 radical (unpaired) electrons. The first-order chi connectivity index (χ1) is 9.16. The molecule has 3 N–H and O–H groups in total. The summed E-state index contributed by atoms with van der Waals surface area (Å²) < 4.78 is 5.45. The Bertz CT molecular complexity index is 552. The van der Waals surface area contributed by atoms with Crippen LogP contribution in [0.25, 0.3) is 0 Å². The second kappa shape index (κ2) is 6.00. The van der Waals surface area contributed by atoms with Gasteiger partial charge in [0.15, 0.2) is 23.0 Å². The Morgan fingerprint density at radius 3 is 2.37 bits per heavy atom. The number of aromatic hydroxyl groups is 3. The highest BCUT2D eigenvalue weighted by atomic mass is 16.5. The van der Waals surface area contributed by atoms with Crippen LogP contribution in [-0.4, -0.2) is 21.9 Å². The molecule has 0 unspecified atom stereocenters. The van der Waals surface area contributed by atoms with Crippen LogP contribution in [0.1, 0.15) is 12.0 Å². The monoisotopic (exact) mass is 260 g/mol. The number of aryl methyl sites for hydroxylation is 1. The van der Waals surface area contributed by atoms with Gasteiger partial charge in [-0.05, 0) is 42.7 Å². The van der Waals surface area contributed by atoms with E-state index >= 15 is 0 Å². The van der Waals surface area contributed by atoms with Crippen LogP contribution in [0, 0.1) is 0 Å². The van der Waals surface area contributed by atoms with E-state index in [1.165, 1.54) is 12.1 Å². The van der Waals surface area contributed by atoms with E-state index in [1.54, 1.807) is 30.3 Å². The molecule has 4 nitrogen and oxygen atoms in total. The molecule has 0 bridgehead atoms. The average molecular weight is 260 g/mol. The number of phenolic OH excluding ortho intramolecular Hbond substituents is 3. The zero-order chi connectivity index (χ0) is 13.7. The fourth-order valence-corrected chi connectivity index (χ4v) is 1.76. The van der Waals surface area contributed by atoms with Crippen LogP contribution < -0.4 is 4.74 Å². The Kier molecular flexibility index (Phi) is 4.13. The van der Waals surface area contributed by atoms with Gasteiger partial charge in [0.25, 0.3) is 0 Å². The molecule has 19 heavy (non-hydrogen) atoms. The minimum absolute atomic E-state index is 0.112. The summed E-state index contributed by atoms with van der Waals surface area (Å²) in [6.45, 7) is 0.471. The van der Waals surface area contributed by atoms with Gasteiger partial charge in [0.05, 0.1) is 6.61 Å². The van der Waals surface area contributed by atoms with Crippen LogP contribution in [0.5, 0.6) is 23.0 Å². The van der Waals surface area contributed by atoms with Gasteiger partial charge < -0.3 is 20.1 Å². The molecule has 0 aromatic heterocycles. The number of hydrogen-bond acceptors (Lipinski definition) is 4. The summed E-state index contributed by atoms with van der Waals surface area (Å²) in [5.74, 6) is 0.370. The molecule has 0 saturated heterocycles. The van der Waals surface area contributed by atoms with Gasteiger partial charge in [-0.1, -0.05) is 18.2 Å². The third kappa shape index (κ3) is 3.55. The van der Waals surface area contributed by atoms with Crippen molar-refractivity contribution >= 4 is 0 Å². The van der Waals surface area contributed by atoms with Crippen molar-refractivity contribution in [3.05, 3.63) is 48.0 Å². The van der Waals surface area contributed by atoms with E-state index in [-0.39, 0.29) is 17.2 Å². The number of ether oxygens (including phenoxy) is 1. The van der Waals surface area contributed by atoms with Crippen molar-refractivity contribution in [1.29, 1.82) is 0 Å². The van der Waals surface area contributed by atoms with Crippen molar-refractivity contribution in [3.63, 3.8) is 0 Å². The molecule has 0 spiro atoms. The average Bonchev–Trinajstić information content (AvgIpc) is 2.40. The van der Waals surface area contributed by atoms with Crippen LogP contribution in [0.3, 0.4) is 0 Å². The Labute approximate surface area is 111 Å². The van der Waals surface area contributed by atoms with E-state index in [9.17, 15) is 15.3 Å². The van der Waals surface area contributed by atoms with Gasteiger partial charge in [-0.15, -0.1) is 0 Å². The summed E-state index contributed by atoms with van der Waals surface area (Å²) in [6.07, 6.45) is 1.47. The molecule has 0 aliphatic heterocycles. The summed E-state index contributed by atoms with van der Waals surface area (Å²) in [5, 5.41) is 28.1. The van der Waals surface area contributed by atoms with Crippen LogP contribution in [0.4, 0.5) is 0 Å². The molecular weight excluding hydrogens is 244 g/mol. The fraction of sp³-hybridized carbons (Fsp3) is 0.200. The predicted octanol–water partition coefficient (Wildman–Crippen LogP) is 2.82. The van der Waals surface area contributed by atoms with Gasteiger partial charge in [-0.2, -0.15) is 0 Å². The van der Waals surface area contributed by atoms with Crippen molar-refractivity contribution in [2.24, 2.45) is 0 Å². The summed E-state index contributed by atoms with van der Waals surface area (Å²) in [7, 11) is 0. The number of phenols is 3. The maximum Gasteiger partial charge on any atom is 0.160 e. The topological polar surface area (TPSA) is 69.9 Å². The standard InChI is InChI=1S/C15H16O4/c16-12-8-7-11(10-14(12)18)4-3-9-19-15-6-2-1-5-13(15)17/h1-2,5-8,10,16-18H,3-4,9H2. The molecule has 0 aliphatic carbocycles. The summed E-state index contributed by atoms with van der Waals surface area (Å²) in [4.78, 5) is 0. The molecular formula is C15H16O4. The molecule has 0 fully saturated rings. The van der Waals surface area contributed by atoms with E-state index in [2.05, 4.69) is 0 Å². The third-order valence-electron chi connectivity index (χ3n) is 2.77. The van der Waals surface area contributed by atoms with E-state index < -0.39 is 0 Å². The molecule has 0 heterocycles. The molecule has 0 amide bonds. The highest BCUT2D eigenvalue weighted by Crippen LogP contribution is 2.26. The Morgan fingerprint density at radius 2 is 1.63 bits per heavy atom. The third-order valence-corrected chi connectivity index (χ3v) is 2.77. The van der Waals surface area contributed by atoms with E-state index in [4.69, 9.17) is 4.74 Å². The Morgan fingerprint density at radius 1 is 0.842 bits per heavy atom.